The van der Waals surface area contributed by atoms with Gasteiger partial charge in [0.2, 0.25) is 0 Å². The fourth-order valence-electron chi connectivity index (χ4n) is 4.63. The van der Waals surface area contributed by atoms with Crippen molar-refractivity contribution in [2.45, 2.75) is 53.2 Å². The lowest BCUT2D eigenvalue weighted by Crippen LogP contribution is -2.50. The van der Waals surface area contributed by atoms with Gasteiger partial charge in [-0.05, 0) is 49.4 Å². The van der Waals surface area contributed by atoms with E-state index in [1.165, 1.54) is 17.4 Å². The van der Waals surface area contributed by atoms with Crippen molar-refractivity contribution in [3.05, 3.63) is 34.8 Å². The quantitative estimate of drug-likeness (QED) is 0.477. The summed E-state index contributed by atoms with van der Waals surface area (Å²) in [6.07, 6.45) is 3.83. The van der Waals surface area contributed by atoms with Crippen molar-refractivity contribution in [3.8, 4) is 16.3 Å². The number of alkyl halides is 2. The number of nitrogens with zero attached hydrogens (tertiary/aromatic N) is 2. The third-order valence-corrected chi connectivity index (χ3v) is 6.82. The minimum Gasteiger partial charge on any atom is -0.481 e. The predicted octanol–water partition coefficient (Wildman–Crippen LogP) is 5.51. The van der Waals surface area contributed by atoms with Crippen molar-refractivity contribution in [2.24, 2.45) is 11.3 Å². The first-order valence-corrected chi connectivity index (χ1v) is 11.5. The van der Waals surface area contributed by atoms with Crippen LogP contribution in [0.25, 0.3) is 10.6 Å². The molecular weight excluding hydrogens is 436 g/mol. The monoisotopic (exact) mass is 465 g/mol. The third kappa shape index (κ3) is 5.50. The molecule has 0 spiro atoms. The number of benzene rings is 1. The van der Waals surface area contributed by atoms with Gasteiger partial charge in [-0.15, -0.1) is 11.3 Å². The normalized spacial score (nSPS) is 21.6. The lowest BCUT2D eigenvalue weighted by molar-refractivity contribution is -0.155. The highest BCUT2D eigenvalue weighted by Gasteiger charge is 2.43. The molecule has 2 heterocycles. The number of aliphatic carboxylic acids is 1. The first-order valence-electron chi connectivity index (χ1n) is 10.7. The summed E-state index contributed by atoms with van der Waals surface area (Å²) in [5, 5.41) is 18.3. The molecule has 0 saturated carbocycles. The lowest BCUT2D eigenvalue weighted by Gasteiger charge is -2.42. The molecule has 1 saturated heterocycles. The largest absolute Gasteiger partial charge is 0.481 e. The van der Waals surface area contributed by atoms with Crippen molar-refractivity contribution < 1.29 is 23.4 Å². The Morgan fingerprint density at radius 3 is 2.84 bits per heavy atom. The Balaban J connectivity index is 1.85. The molecule has 0 radical (unpaired) electrons. The van der Waals surface area contributed by atoms with E-state index in [9.17, 15) is 18.7 Å². The van der Waals surface area contributed by atoms with E-state index in [2.05, 4.69) is 21.5 Å². The molecule has 0 bridgehead atoms. The number of nitrogens with one attached hydrogen (secondary N) is 1. The number of hydrogen-bond acceptors (Lipinski definition) is 6. The van der Waals surface area contributed by atoms with E-state index in [4.69, 9.17) is 5.41 Å². The van der Waals surface area contributed by atoms with Crippen LogP contribution in [0.1, 0.15) is 50.5 Å². The van der Waals surface area contributed by atoms with E-state index in [-0.39, 0.29) is 11.7 Å². The molecule has 3 rings (SSSR count). The summed E-state index contributed by atoms with van der Waals surface area (Å²) < 4.78 is 30.5. The highest BCUT2D eigenvalue weighted by atomic mass is 32.1. The maximum absolute atomic E-state index is 12.9. The van der Waals surface area contributed by atoms with Crippen LogP contribution in [0.15, 0.2) is 24.4 Å². The molecular formula is C23H29F2N3O3S. The Labute approximate surface area is 190 Å². The van der Waals surface area contributed by atoms with E-state index in [0.29, 0.717) is 47.8 Å². The zero-order valence-electron chi connectivity index (χ0n) is 18.5. The second-order valence-corrected chi connectivity index (χ2v) is 9.78. The third-order valence-electron chi connectivity index (χ3n) is 5.81. The fraction of sp³-hybridized carbons (Fsp3) is 0.522. The Morgan fingerprint density at radius 2 is 2.22 bits per heavy atom. The minimum absolute atomic E-state index is 0.0188. The number of halogens is 2. The van der Waals surface area contributed by atoms with Gasteiger partial charge in [0, 0.05) is 36.4 Å². The van der Waals surface area contributed by atoms with Crippen LogP contribution in [0.4, 0.5) is 8.78 Å². The molecule has 1 aromatic carbocycles. The van der Waals surface area contributed by atoms with E-state index in [0.717, 1.165) is 17.8 Å². The zero-order valence-corrected chi connectivity index (χ0v) is 19.3. The molecule has 6 nitrogen and oxygen atoms in total. The van der Waals surface area contributed by atoms with Gasteiger partial charge in [0.1, 0.15) is 10.8 Å². The lowest BCUT2D eigenvalue weighted by atomic mass is 9.73. The van der Waals surface area contributed by atoms with Crippen LogP contribution in [0.2, 0.25) is 0 Å². The van der Waals surface area contributed by atoms with Crippen molar-refractivity contribution in [3.63, 3.8) is 0 Å². The van der Waals surface area contributed by atoms with Crippen LogP contribution >= 0.6 is 11.3 Å². The van der Waals surface area contributed by atoms with Crippen LogP contribution in [0.3, 0.4) is 0 Å². The predicted molar refractivity (Wildman–Crippen MR) is 121 cm³/mol. The van der Waals surface area contributed by atoms with E-state index in [1.807, 2.05) is 6.92 Å². The molecule has 1 unspecified atom stereocenters. The Kier molecular flexibility index (Phi) is 7.61. The molecule has 32 heavy (non-hydrogen) atoms. The number of likely N-dealkylation sites (tertiary alicyclic amines) is 1. The van der Waals surface area contributed by atoms with Gasteiger partial charge in [0.25, 0.3) is 0 Å². The molecule has 174 valence electrons. The van der Waals surface area contributed by atoms with Crippen LogP contribution in [-0.2, 0) is 11.3 Å². The van der Waals surface area contributed by atoms with Gasteiger partial charge in [-0.2, -0.15) is 8.78 Å². The van der Waals surface area contributed by atoms with Crippen molar-refractivity contribution in [1.82, 2.24) is 9.88 Å². The first-order chi connectivity index (χ1) is 15.1. The number of hydrogen-bond donors (Lipinski definition) is 2. The fourth-order valence-corrected chi connectivity index (χ4v) is 5.60. The number of carboxylic acids is 1. The smallest absolute Gasteiger partial charge is 0.387 e. The Hall–Kier alpha value is -2.39. The number of carbonyl (C=O) groups is 1. The summed E-state index contributed by atoms with van der Waals surface area (Å²) in [4.78, 5) is 19.6. The van der Waals surface area contributed by atoms with Gasteiger partial charge in [0.15, 0.2) is 0 Å². The maximum atomic E-state index is 12.9. The van der Waals surface area contributed by atoms with Gasteiger partial charge in [-0.3, -0.25) is 9.69 Å². The van der Waals surface area contributed by atoms with Gasteiger partial charge in [0.05, 0.1) is 11.0 Å². The average Bonchev–Trinajstić information content (AvgIpc) is 3.15. The molecule has 2 aromatic rings. The van der Waals surface area contributed by atoms with Gasteiger partial charge in [-0.1, -0.05) is 20.3 Å². The van der Waals surface area contributed by atoms with E-state index in [1.54, 1.807) is 25.3 Å². The van der Waals surface area contributed by atoms with E-state index >= 15 is 0 Å². The standard InChI is InChI=1S/C23H29F2N3O3S/c1-4-7-23(21(29)30)9-14(2)11-28(13-23)12-17-10-27-20(32-17)18-8-16(15(3)26)5-6-19(18)31-22(24)25/h5-6,8,10,14,22,26H,4,7,9,11-13H2,1-3H3,(H,29,30)/t14?,23-/m1/s1. The topological polar surface area (TPSA) is 86.5 Å². The summed E-state index contributed by atoms with van der Waals surface area (Å²) in [7, 11) is 0. The number of rotatable bonds is 9. The highest BCUT2D eigenvalue weighted by molar-refractivity contribution is 7.15. The summed E-state index contributed by atoms with van der Waals surface area (Å²) in [6, 6.07) is 4.66. The number of piperidine rings is 1. The summed E-state index contributed by atoms with van der Waals surface area (Å²) in [5.74, 6) is -0.462. The molecule has 1 aliphatic heterocycles. The van der Waals surface area contributed by atoms with Crippen LogP contribution < -0.4 is 4.74 Å². The molecule has 9 heteroatoms. The SMILES string of the molecule is CCC[C@@]1(C(=O)O)CC(C)CN(Cc2cnc(-c3cc(C(C)=N)ccc3OC(F)F)s2)C1. The second kappa shape index (κ2) is 10.0. The molecule has 1 fully saturated rings. The number of aromatic nitrogens is 1. The molecule has 1 aromatic heterocycles. The maximum Gasteiger partial charge on any atom is 0.387 e. The van der Waals surface area contributed by atoms with Gasteiger partial charge in [-0.25, -0.2) is 4.98 Å². The van der Waals surface area contributed by atoms with Crippen molar-refractivity contribution in [2.75, 3.05) is 13.1 Å². The molecule has 1 aliphatic rings. The average molecular weight is 466 g/mol. The van der Waals surface area contributed by atoms with Gasteiger partial charge >= 0.3 is 12.6 Å². The molecule has 0 aliphatic carbocycles. The van der Waals surface area contributed by atoms with Crippen molar-refractivity contribution in [1.29, 1.82) is 5.41 Å². The van der Waals surface area contributed by atoms with Crippen LogP contribution in [0, 0.1) is 16.7 Å². The highest BCUT2D eigenvalue weighted by Crippen LogP contribution is 2.39. The number of ether oxygens (including phenoxy) is 1. The molecule has 2 atom stereocenters. The summed E-state index contributed by atoms with van der Waals surface area (Å²) in [5.41, 5.74) is 0.598. The van der Waals surface area contributed by atoms with Crippen molar-refractivity contribution >= 4 is 23.0 Å². The Morgan fingerprint density at radius 1 is 1.47 bits per heavy atom. The summed E-state index contributed by atoms with van der Waals surface area (Å²) in [6.45, 7) is 4.59. The molecule has 0 amide bonds. The number of thiazole rings is 1. The van der Waals surface area contributed by atoms with Gasteiger partial charge < -0.3 is 15.3 Å². The number of carboxylic acid groups (broad SMARTS) is 1. The zero-order chi connectivity index (χ0) is 23.5. The first kappa shape index (κ1) is 24.3. The second-order valence-electron chi connectivity index (χ2n) is 8.66. The molecule has 2 N–H and O–H groups in total. The van der Waals surface area contributed by atoms with E-state index < -0.39 is 18.0 Å². The summed E-state index contributed by atoms with van der Waals surface area (Å²) >= 11 is 1.37. The Bertz CT molecular complexity index is 981. The minimum atomic E-state index is -2.96. The van der Waals surface area contributed by atoms with Crippen LogP contribution in [-0.4, -0.2) is 46.4 Å². The van der Waals surface area contributed by atoms with Crippen LogP contribution in [0.5, 0.6) is 5.75 Å².